The maximum atomic E-state index is 12.9. The minimum absolute atomic E-state index is 0.148. The normalized spacial score (nSPS) is 12.9. The van der Waals surface area contributed by atoms with Gasteiger partial charge in [-0.15, -0.1) is 0 Å². The van der Waals surface area contributed by atoms with Gasteiger partial charge in [0.05, 0.1) is 40.3 Å². The van der Waals surface area contributed by atoms with Crippen LogP contribution in [0.5, 0.6) is 0 Å². The van der Waals surface area contributed by atoms with Gasteiger partial charge in [-0.05, 0) is 70.6 Å². The van der Waals surface area contributed by atoms with Crippen LogP contribution >= 0.6 is 0 Å². The first-order valence-electron chi connectivity index (χ1n) is 32.1. The SMILES string of the molecule is CCCCC/C=C\C/C=C\CCCCCCCCCCCC(=O)OC(COC(=O)CCCCCCCCCCCCCCCCCCCCC/C=C\CCCCCCCCCC)COC(OCC[N+](C)(C)C)C(=O)[O-]. The Morgan fingerprint density at radius 3 is 1.09 bits per heavy atom. The van der Waals surface area contributed by atoms with E-state index in [1.165, 1.54) is 225 Å². The first-order valence-corrected chi connectivity index (χ1v) is 32.1. The number of carboxylic acids is 1. The van der Waals surface area contributed by atoms with Crippen LogP contribution in [0, 0.1) is 0 Å². The molecule has 0 spiro atoms. The topological polar surface area (TPSA) is 111 Å². The van der Waals surface area contributed by atoms with Crippen LogP contribution in [0.15, 0.2) is 36.5 Å². The average Bonchev–Trinajstić information content (AvgIpc) is 3.38. The highest BCUT2D eigenvalue weighted by atomic mass is 16.7. The molecular weight excluding hydrogens is 935 g/mol. The fourth-order valence-corrected chi connectivity index (χ4v) is 9.39. The van der Waals surface area contributed by atoms with Crippen molar-refractivity contribution in [2.75, 3.05) is 47.5 Å². The van der Waals surface area contributed by atoms with Crippen molar-refractivity contribution in [3.8, 4) is 0 Å². The maximum Gasteiger partial charge on any atom is 0.306 e. The highest BCUT2D eigenvalue weighted by Gasteiger charge is 2.22. The van der Waals surface area contributed by atoms with Crippen molar-refractivity contribution >= 4 is 17.9 Å². The van der Waals surface area contributed by atoms with Crippen molar-refractivity contribution in [2.24, 2.45) is 0 Å². The number of esters is 2. The van der Waals surface area contributed by atoms with E-state index in [0.717, 1.165) is 51.4 Å². The summed E-state index contributed by atoms with van der Waals surface area (Å²) in [5.74, 6) is -2.27. The Hall–Kier alpha value is -2.49. The maximum absolute atomic E-state index is 12.9. The quantitative estimate of drug-likeness (QED) is 0.0195. The van der Waals surface area contributed by atoms with Gasteiger partial charge in [-0.25, -0.2) is 0 Å². The van der Waals surface area contributed by atoms with Crippen LogP contribution in [0.2, 0.25) is 0 Å². The van der Waals surface area contributed by atoms with E-state index in [4.69, 9.17) is 18.9 Å². The third-order valence-corrected chi connectivity index (χ3v) is 14.4. The lowest BCUT2D eigenvalue weighted by Crippen LogP contribution is -2.44. The molecule has 0 heterocycles. The number of carbonyl (C=O) groups is 3. The van der Waals surface area contributed by atoms with E-state index in [1.54, 1.807) is 0 Å². The summed E-state index contributed by atoms with van der Waals surface area (Å²) in [7, 11) is 5.93. The number of hydrogen-bond donors (Lipinski definition) is 0. The number of rotatable bonds is 60. The molecule has 2 unspecified atom stereocenters. The van der Waals surface area contributed by atoms with Crippen LogP contribution in [0.3, 0.4) is 0 Å². The zero-order valence-electron chi connectivity index (χ0n) is 50.2. The lowest BCUT2D eigenvalue weighted by Gasteiger charge is -2.26. The number of ether oxygens (including phenoxy) is 4. The number of quaternary nitrogens is 1. The highest BCUT2D eigenvalue weighted by molar-refractivity contribution is 5.70. The Morgan fingerprint density at radius 1 is 0.400 bits per heavy atom. The predicted molar refractivity (Wildman–Crippen MR) is 316 cm³/mol. The second-order valence-electron chi connectivity index (χ2n) is 23.0. The van der Waals surface area contributed by atoms with Crippen molar-refractivity contribution < 1.29 is 42.9 Å². The van der Waals surface area contributed by atoms with Gasteiger partial charge in [0.1, 0.15) is 13.2 Å². The molecule has 0 bridgehead atoms. The van der Waals surface area contributed by atoms with Crippen LogP contribution in [-0.2, 0) is 33.3 Å². The number of likely N-dealkylation sites (N-methyl/N-ethyl adjacent to an activating group) is 1. The van der Waals surface area contributed by atoms with Gasteiger partial charge in [0.15, 0.2) is 12.4 Å². The third kappa shape index (κ3) is 59.0. The first kappa shape index (κ1) is 72.5. The van der Waals surface area contributed by atoms with Gasteiger partial charge < -0.3 is 33.3 Å². The number of unbranched alkanes of at least 4 members (excludes halogenated alkanes) is 39. The minimum Gasteiger partial charge on any atom is -0.545 e. The molecule has 0 saturated carbocycles. The number of carbonyl (C=O) groups excluding carboxylic acids is 3. The van der Waals surface area contributed by atoms with Gasteiger partial charge in [-0.2, -0.15) is 0 Å². The molecule has 0 radical (unpaired) electrons. The molecule has 440 valence electrons. The summed E-state index contributed by atoms with van der Waals surface area (Å²) in [6, 6.07) is 0. The van der Waals surface area contributed by atoms with Crippen molar-refractivity contribution in [1.29, 1.82) is 0 Å². The van der Waals surface area contributed by atoms with Gasteiger partial charge in [0.25, 0.3) is 0 Å². The largest absolute Gasteiger partial charge is 0.545 e. The summed E-state index contributed by atoms with van der Waals surface area (Å²) in [5, 5.41) is 11.8. The molecule has 0 aromatic rings. The number of allylic oxidation sites excluding steroid dienone is 6. The van der Waals surface area contributed by atoms with Gasteiger partial charge >= 0.3 is 11.9 Å². The van der Waals surface area contributed by atoms with Gasteiger partial charge in [0, 0.05) is 12.8 Å². The molecule has 0 fully saturated rings. The molecule has 9 nitrogen and oxygen atoms in total. The summed E-state index contributed by atoms with van der Waals surface area (Å²) < 4.78 is 22.7. The lowest BCUT2D eigenvalue weighted by molar-refractivity contribution is -0.870. The van der Waals surface area contributed by atoms with Crippen LogP contribution < -0.4 is 5.11 Å². The van der Waals surface area contributed by atoms with E-state index in [2.05, 4.69) is 50.3 Å². The average molecular weight is 1060 g/mol. The van der Waals surface area contributed by atoms with Crippen LogP contribution in [0.4, 0.5) is 0 Å². The highest BCUT2D eigenvalue weighted by Crippen LogP contribution is 2.17. The van der Waals surface area contributed by atoms with Gasteiger partial charge in [0.2, 0.25) is 0 Å². The zero-order valence-corrected chi connectivity index (χ0v) is 50.2. The Morgan fingerprint density at radius 2 is 0.720 bits per heavy atom. The van der Waals surface area contributed by atoms with E-state index in [9.17, 15) is 19.5 Å². The molecule has 0 aromatic carbocycles. The predicted octanol–water partition coefficient (Wildman–Crippen LogP) is 17.9. The van der Waals surface area contributed by atoms with Crippen LogP contribution in [0.25, 0.3) is 0 Å². The summed E-state index contributed by atoms with van der Waals surface area (Å²) in [4.78, 5) is 37.4. The third-order valence-electron chi connectivity index (χ3n) is 14.4. The van der Waals surface area contributed by atoms with Crippen molar-refractivity contribution in [1.82, 2.24) is 0 Å². The molecule has 0 N–H and O–H groups in total. The Kier molecular flexibility index (Phi) is 55.8. The van der Waals surface area contributed by atoms with E-state index < -0.39 is 24.3 Å². The fourth-order valence-electron chi connectivity index (χ4n) is 9.39. The number of nitrogens with zero attached hydrogens (tertiary/aromatic N) is 1. The molecule has 0 aromatic heterocycles. The minimum atomic E-state index is -1.62. The van der Waals surface area contributed by atoms with E-state index >= 15 is 0 Å². The van der Waals surface area contributed by atoms with E-state index in [1.807, 2.05) is 21.1 Å². The van der Waals surface area contributed by atoms with Crippen LogP contribution in [-0.4, -0.2) is 82.3 Å². The van der Waals surface area contributed by atoms with Crippen LogP contribution in [0.1, 0.15) is 309 Å². The monoisotopic (exact) mass is 1060 g/mol. The smallest absolute Gasteiger partial charge is 0.306 e. The summed E-state index contributed by atoms with van der Waals surface area (Å²) >= 11 is 0. The standard InChI is InChI=1S/C66H123NO8/c1-6-8-10-12-14-16-18-20-22-24-26-27-28-29-30-31-32-33-34-35-36-37-39-40-42-44-46-48-50-52-54-56-63(68)73-60-62(61-74-66(65(70)71)72-59-58-67(3,4)5)75-64(69)57-55-53-51-49-47-45-43-41-38-25-23-21-19-17-15-13-11-9-7-2/h15,17,21,23-24,26,62,66H,6-14,16,18-20,22,25,27-61H2,1-5H3/b17-15-,23-21-,26-24-. The number of hydrogen-bond acceptors (Lipinski definition) is 8. The number of aliphatic carboxylic acids is 1. The first-order chi connectivity index (χ1) is 36.6. The molecule has 0 aliphatic rings. The number of carboxylic acid groups (broad SMARTS) is 1. The van der Waals surface area contributed by atoms with E-state index in [-0.39, 0.29) is 32.2 Å². The lowest BCUT2D eigenvalue weighted by atomic mass is 10.0. The summed E-state index contributed by atoms with van der Waals surface area (Å²) in [6.07, 6.45) is 67.8. The molecule has 2 atom stereocenters. The molecule has 0 aliphatic heterocycles. The molecule has 0 aliphatic carbocycles. The molecule has 0 saturated heterocycles. The fraction of sp³-hybridized carbons (Fsp3) is 0.864. The molecule has 9 heteroatoms. The summed E-state index contributed by atoms with van der Waals surface area (Å²) in [6.45, 7) is 4.76. The van der Waals surface area contributed by atoms with Crippen molar-refractivity contribution in [3.05, 3.63) is 36.5 Å². The Balaban J connectivity index is 4.08. The molecule has 0 amide bonds. The Labute approximate surface area is 464 Å². The van der Waals surface area contributed by atoms with Gasteiger partial charge in [-0.1, -0.05) is 262 Å². The van der Waals surface area contributed by atoms with Crippen molar-refractivity contribution in [3.63, 3.8) is 0 Å². The second kappa shape index (κ2) is 57.7. The van der Waals surface area contributed by atoms with E-state index in [0.29, 0.717) is 23.9 Å². The zero-order chi connectivity index (χ0) is 54.8. The van der Waals surface area contributed by atoms with Gasteiger partial charge in [-0.3, -0.25) is 9.59 Å². The Bertz CT molecular complexity index is 1320. The second-order valence-corrected chi connectivity index (χ2v) is 23.0. The molecular formula is C66H123NO8. The molecule has 0 rings (SSSR count). The summed E-state index contributed by atoms with van der Waals surface area (Å²) in [5.41, 5.74) is 0. The molecule has 75 heavy (non-hydrogen) atoms. The van der Waals surface area contributed by atoms with Crippen molar-refractivity contribution in [2.45, 2.75) is 322 Å².